The Balaban J connectivity index is 1.99. The van der Waals surface area contributed by atoms with Crippen LogP contribution in [-0.2, 0) is 6.42 Å². The van der Waals surface area contributed by atoms with Gasteiger partial charge in [0.2, 0.25) is 6.79 Å². The molecule has 2 aliphatic rings. The van der Waals surface area contributed by atoms with E-state index >= 15 is 0 Å². The minimum Gasteiger partial charge on any atom is -0.453 e. The second-order valence-electron chi connectivity index (χ2n) is 5.65. The van der Waals surface area contributed by atoms with Crippen LogP contribution < -0.4 is 14.8 Å². The summed E-state index contributed by atoms with van der Waals surface area (Å²) in [5.74, 6) is 1.98. The largest absolute Gasteiger partial charge is 0.453 e. The zero-order chi connectivity index (χ0) is 13.4. The number of nitrogens with one attached hydrogen (secondary N) is 1. The van der Waals surface area contributed by atoms with Gasteiger partial charge in [-0.3, -0.25) is 0 Å². The van der Waals surface area contributed by atoms with Crippen molar-refractivity contribution in [2.45, 2.75) is 45.1 Å². The first-order valence-electron chi connectivity index (χ1n) is 7.01. The van der Waals surface area contributed by atoms with Crippen molar-refractivity contribution in [3.05, 3.63) is 22.2 Å². The van der Waals surface area contributed by atoms with Gasteiger partial charge in [0.15, 0.2) is 11.5 Å². The highest BCUT2D eigenvalue weighted by molar-refractivity contribution is 6.32. The van der Waals surface area contributed by atoms with Crippen LogP contribution in [0, 0.1) is 0 Å². The Morgan fingerprint density at radius 2 is 2.16 bits per heavy atom. The Hall–Kier alpha value is -0.930. The molecule has 2 heterocycles. The number of hydrogen-bond donors (Lipinski definition) is 1. The maximum atomic E-state index is 6.31. The Bertz CT molecular complexity index is 482. The maximum absolute atomic E-state index is 6.31. The van der Waals surface area contributed by atoms with E-state index in [1.165, 1.54) is 24.0 Å². The minimum atomic E-state index is 0.278. The van der Waals surface area contributed by atoms with Gasteiger partial charge in [0.25, 0.3) is 0 Å². The van der Waals surface area contributed by atoms with E-state index in [0.717, 1.165) is 18.7 Å². The third-order valence-electron chi connectivity index (χ3n) is 3.93. The van der Waals surface area contributed by atoms with Crippen LogP contribution in [0.1, 0.15) is 43.7 Å². The van der Waals surface area contributed by atoms with Crippen LogP contribution in [0.3, 0.4) is 0 Å². The molecule has 0 spiro atoms. The summed E-state index contributed by atoms with van der Waals surface area (Å²) in [6, 6.07) is 2.62. The highest BCUT2D eigenvalue weighted by atomic mass is 35.5. The molecule has 0 bridgehead atoms. The number of hydrogen-bond acceptors (Lipinski definition) is 3. The number of rotatable bonds is 3. The van der Waals surface area contributed by atoms with Gasteiger partial charge in [-0.05, 0) is 43.4 Å². The zero-order valence-electron chi connectivity index (χ0n) is 11.5. The summed E-state index contributed by atoms with van der Waals surface area (Å²) in [5, 5.41) is 4.21. The van der Waals surface area contributed by atoms with Gasteiger partial charge in [0.1, 0.15) is 0 Å². The average molecular weight is 282 g/mol. The highest BCUT2D eigenvalue weighted by Crippen LogP contribution is 2.46. The Labute approximate surface area is 119 Å². The fourth-order valence-corrected chi connectivity index (χ4v) is 3.37. The highest BCUT2D eigenvalue weighted by Gasteiger charge is 2.27. The molecule has 0 amide bonds. The summed E-state index contributed by atoms with van der Waals surface area (Å²) in [4.78, 5) is 0. The van der Waals surface area contributed by atoms with Crippen LogP contribution in [-0.4, -0.2) is 19.4 Å². The first-order valence-corrected chi connectivity index (χ1v) is 7.39. The first kappa shape index (κ1) is 13.1. The lowest BCUT2D eigenvalue weighted by atomic mass is 9.91. The molecule has 1 unspecified atom stereocenters. The second kappa shape index (κ2) is 5.22. The van der Waals surface area contributed by atoms with Gasteiger partial charge in [-0.25, -0.2) is 0 Å². The van der Waals surface area contributed by atoms with Gasteiger partial charge >= 0.3 is 0 Å². The third-order valence-corrected chi connectivity index (χ3v) is 4.21. The van der Waals surface area contributed by atoms with Crippen molar-refractivity contribution in [3.63, 3.8) is 0 Å². The SMILES string of the molecule is CC(C)c1c(CC2CCCN2)cc(Cl)c2c1OCO2. The molecule has 1 saturated heterocycles. The van der Waals surface area contributed by atoms with E-state index in [0.29, 0.717) is 22.7 Å². The molecule has 0 aliphatic carbocycles. The predicted octanol–water partition coefficient (Wildman–Crippen LogP) is 3.49. The standard InChI is InChI=1S/C15H20ClNO2/c1-9(2)13-10(6-11-4-3-5-17-11)7-12(16)14-15(13)19-8-18-14/h7,9,11,17H,3-6,8H2,1-2H3. The third kappa shape index (κ3) is 2.41. The molecule has 2 aliphatic heterocycles. The molecule has 4 heteroatoms. The van der Waals surface area contributed by atoms with E-state index in [1.54, 1.807) is 0 Å². The lowest BCUT2D eigenvalue weighted by molar-refractivity contribution is 0.173. The molecule has 0 radical (unpaired) electrons. The van der Waals surface area contributed by atoms with Crippen molar-refractivity contribution in [2.24, 2.45) is 0 Å². The molecule has 104 valence electrons. The quantitative estimate of drug-likeness (QED) is 0.920. The van der Waals surface area contributed by atoms with Crippen LogP contribution in [0.5, 0.6) is 11.5 Å². The van der Waals surface area contributed by atoms with E-state index in [2.05, 4.69) is 25.2 Å². The molecule has 19 heavy (non-hydrogen) atoms. The minimum absolute atomic E-state index is 0.278. The Morgan fingerprint density at radius 1 is 1.37 bits per heavy atom. The molecular formula is C15H20ClNO2. The van der Waals surface area contributed by atoms with Gasteiger partial charge in [0, 0.05) is 11.6 Å². The van der Waals surface area contributed by atoms with Crippen LogP contribution in [0.2, 0.25) is 5.02 Å². The van der Waals surface area contributed by atoms with E-state index in [-0.39, 0.29) is 6.79 Å². The lowest BCUT2D eigenvalue weighted by Crippen LogP contribution is -2.24. The Kier molecular flexibility index (Phi) is 3.59. The van der Waals surface area contributed by atoms with E-state index < -0.39 is 0 Å². The number of halogens is 1. The fraction of sp³-hybridized carbons (Fsp3) is 0.600. The van der Waals surface area contributed by atoms with Gasteiger partial charge in [-0.2, -0.15) is 0 Å². The molecule has 1 aromatic rings. The number of benzene rings is 1. The maximum Gasteiger partial charge on any atom is 0.231 e. The van der Waals surface area contributed by atoms with Gasteiger partial charge < -0.3 is 14.8 Å². The zero-order valence-corrected chi connectivity index (χ0v) is 12.2. The summed E-state index contributed by atoms with van der Waals surface area (Å²) in [5.41, 5.74) is 2.55. The van der Waals surface area contributed by atoms with Crippen molar-refractivity contribution >= 4 is 11.6 Å². The summed E-state index contributed by atoms with van der Waals surface area (Å²) in [6.45, 7) is 5.79. The van der Waals surface area contributed by atoms with Crippen molar-refractivity contribution in [1.82, 2.24) is 5.32 Å². The van der Waals surface area contributed by atoms with E-state index in [1.807, 2.05) is 0 Å². The van der Waals surface area contributed by atoms with Gasteiger partial charge in [0.05, 0.1) is 5.02 Å². The molecule has 1 atom stereocenters. The molecule has 3 rings (SSSR count). The second-order valence-corrected chi connectivity index (χ2v) is 6.06. The van der Waals surface area contributed by atoms with Crippen LogP contribution in [0.25, 0.3) is 0 Å². The van der Waals surface area contributed by atoms with Crippen molar-refractivity contribution < 1.29 is 9.47 Å². The van der Waals surface area contributed by atoms with Crippen LogP contribution >= 0.6 is 11.6 Å². The molecular weight excluding hydrogens is 262 g/mol. The molecule has 0 aromatic heterocycles. The normalized spacial score (nSPS) is 21.4. The topological polar surface area (TPSA) is 30.5 Å². The van der Waals surface area contributed by atoms with Crippen molar-refractivity contribution in [1.29, 1.82) is 0 Å². The van der Waals surface area contributed by atoms with E-state index in [4.69, 9.17) is 21.1 Å². The van der Waals surface area contributed by atoms with Crippen LogP contribution in [0.4, 0.5) is 0 Å². The van der Waals surface area contributed by atoms with Gasteiger partial charge in [-0.15, -0.1) is 0 Å². The van der Waals surface area contributed by atoms with Crippen molar-refractivity contribution in [2.75, 3.05) is 13.3 Å². The number of ether oxygens (including phenoxy) is 2. The summed E-state index contributed by atoms with van der Waals surface area (Å²) in [7, 11) is 0. The fourth-order valence-electron chi connectivity index (χ4n) is 3.10. The lowest BCUT2D eigenvalue weighted by Gasteiger charge is -2.19. The Morgan fingerprint density at radius 3 is 2.84 bits per heavy atom. The molecule has 0 saturated carbocycles. The monoisotopic (exact) mass is 281 g/mol. The van der Waals surface area contributed by atoms with Crippen molar-refractivity contribution in [3.8, 4) is 11.5 Å². The smallest absolute Gasteiger partial charge is 0.231 e. The number of fused-ring (bicyclic) bond motifs is 1. The molecule has 1 N–H and O–H groups in total. The molecule has 1 fully saturated rings. The van der Waals surface area contributed by atoms with Gasteiger partial charge in [-0.1, -0.05) is 25.4 Å². The average Bonchev–Trinajstić information content (AvgIpc) is 2.99. The predicted molar refractivity (Wildman–Crippen MR) is 76.4 cm³/mol. The summed E-state index contributed by atoms with van der Waals surface area (Å²) in [6.07, 6.45) is 3.52. The first-order chi connectivity index (χ1) is 9.16. The van der Waals surface area contributed by atoms with E-state index in [9.17, 15) is 0 Å². The molecule has 1 aromatic carbocycles. The summed E-state index contributed by atoms with van der Waals surface area (Å²) < 4.78 is 11.1. The summed E-state index contributed by atoms with van der Waals surface area (Å²) >= 11 is 6.31. The molecule has 3 nitrogen and oxygen atoms in total. The van der Waals surface area contributed by atoms with Crippen LogP contribution in [0.15, 0.2) is 6.07 Å².